The number of nitro groups is 1. The molecule has 1 N–H and O–H groups in total. The second-order valence-electron chi connectivity index (χ2n) is 9.74. The van der Waals surface area contributed by atoms with Gasteiger partial charge in [0.1, 0.15) is 6.10 Å². The van der Waals surface area contributed by atoms with E-state index in [2.05, 4.69) is 71.9 Å². The van der Waals surface area contributed by atoms with Gasteiger partial charge in [-0.2, -0.15) is 0 Å². The molecule has 0 aromatic carbocycles. The summed E-state index contributed by atoms with van der Waals surface area (Å²) in [6, 6.07) is 0. The molecule has 4 heteroatoms. The fourth-order valence-corrected chi connectivity index (χ4v) is 3.63. The fourth-order valence-electron chi connectivity index (χ4n) is 3.63. The van der Waals surface area contributed by atoms with Gasteiger partial charge in [-0.3, -0.25) is 10.1 Å². The van der Waals surface area contributed by atoms with Crippen LogP contribution in [0.25, 0.3) is 0 Å². The summed E-state index contributed by atoms with van der Waals surface area (Å²) in [5, 5.41) is 19.9. The van der Waals surface area contributed by atoms with Gasteiger partial charge in [0.25, 0.3) is 0 Å². The average Bonchev–Trinajstić information content (AvgIpc) is 2.70. The van der Waals surface area contributed by atoms with Gasteiger partial charge in [-0.05, 0) is 112 Å². The van der Waals surface area contributed by atoms with E-state index in [4.69, 9.17) is 0 Å². The first-order chi connectivity index (χ1) is 15.6. The molecule has 0 amide bonds. The van der Waals surface area contributed by atoms with E-state index in [1.807, 2.05) is 0 Å². The standard InChI is InChI=1S/C29H49NO3/c1-24(2)13-9-16-27(5)19-10-17-25(3)14-7-8-15-26(4)18-11-20-28(6)21-12-22-29(31)23-30(32)33/h13-15,19-20,29,31H,7-12,16-18,21-23H2,1-6H3/b25-14+,26-15+,27-19+,28-20+. The Balaban J connectivity index is 4.04. The minimum Gasteiger partial charge on any atom is -0.386 e. The van der Waals surface area contributed by atoms with Crippen molar-refractivity contribution in [2.75, 3.05) is 6.54 Å². The molecule has 4 nitrogen and oxygen atoms in total. The Hall–Kier alpha value is -1.94. The van der Waals surface area contributed by atoms with Gasteiger partial charge in [0.05, 0.1) is 0 Å². The zero-order valence-corrected chi connectivity index (χ0v) is 22.2. The summed E-state index contributed by atoms with van der Waals surface area (Å²) in [6.45, 7) is 12.8. The zero-order valence-electron chi connectivity index (χ0n) is 22.2. The van der Waals surface area contributed by atoms with Crippen molar-refractivity contribution in [2.24, 2.45) is 0 Å². The third-order valence-corrected chi connectivity index (χ3v) is 5.77. The second-order valence-corrected chi connectivity index (χ2v) is 9.74. The molecule has 1 unspecified atom stereocenters. The van der Waals surface area contributed by atoms with E-state index in [-0.39, 0.29) is 6.54 Å². The highest BCUT2D eigenvalue weighted by molar-refractivity contribution is 5.07. The monoisotopic (exact) mass is 459 g/mol. The minimum absolute atomic E-state index is 0.352. The molecule has 0 spiro atoms. The molecule has 0 saturated carbocycles. The van der Waals surface area contributed by atoms with Crippen LogP contribution in [0.3, 0.4) is 0 Å². The van der Waals surface area contributed by atoms with Crippen molar-refractivity contribution in [2.45, 2.75) is 118 Å². The molecule has 0 aliphatic carbocycles. The number of allylic oxidation sites excluding steroid dienone is 10. The summed E-state index contributed by atoms with van der Waals surface area (Å²) in [4.78, 5) is 9.92. The van der Waals surface area contributed by atoms with Gasteiger partial charge in [-0.25, -0.2) is 0 Å². The Labute approximate surface area is 203 Å². The largest absolute Gasteiger partial charge is 0.386 e. The third-order valence-electron chi connectivity index (χ3n) is 5.77. The van der Waals surface area contributed by atoms with Gasteiger partial charge in [0.15, 0.2) is 0 Å². The van der Waals surface area contributed by atoms with Crippen LogP contribution in [0.1, 0.15) is 112 Å². The van der Waals surface area contributed by atoms with E-state index in [1.54, 1.807) is 0 Å². The normalized spacial score (nSPS) is 14.4. The van der Waals surface area contributed by atoms with Gasteiger partial charge >= 0.3 is 0 Å². The first kappa shape index (κ1) is 31.1. The van der Waals surface area contributed by atoms with Crippen LogP contribution in [0.15, 0.2) is 58.2 Å². The summed E-state index contributed by atoms with van der Waals surface area (Å²) in [6.07, 6.45) is 22.0. The quantitative estimate of drug-likeness (QED) is 0.0965. The van der Waals surface area contributed by atoms with Crippen LogP contribution in [-0.2, 0) is 0 Å². The highest BCUT2D eigenvalue weighted by Gasteiger charge is 2.10. The van der Waals surface area contributed by atoms with Crippen LogP contribution >= 0.6 is 0 Å². The number of unbranched alkanes of at least 4 members (excludes halogenated alkanes) is 1. The second kappa shape index (κ2) is 19.5. The topological polar surface area (TPSA) is 63.4 Å². The third kappa shape index (κ3) is 21.7. The van der Waals surface area contributed by atoms with Gasteiger partial charge in [0, 0.05) is 4.92 Å². The van der Waals surface area contributed by atoms with E-state index in [1.165, 1.54) is 34.3 Å². The number of aliphatic hydroxyl groups excluding tert-OH is 1. The molecule has 0 aromatic rings. The Kier molecular flexibility index (Phi) is 18.4. The summed E-state index contributed by atoms with van der Waals surface area (Å²) in [7, 11) is 0. The molecule has 33 heavy (non-hydrogen) atoms. The molecule has 1 atom stereocenters. The number of rotatable bonds is 18. The number of aliphatic hydroxyl groups is 1. The van der Waals surface area contributed by atoms with Crippen molar-refractivity contribution in [1.29, 1.82) is 0 Å². The summed E-state index contributed by atoms with van der Waals surface area (Å²) < 4.78 is 0. The van der Waals surface area contributed by atoms with Crippen molar-refractivity contribution < 1.29 is 10.0 Å². The van der Waals surface area contributed by atoms with Gasteiger partial charge in [0.2, 0.25) is 6.54 Å². The average molecular weight is 460 g/mol. The summed E-state index contributed by atoms with van der Waals surface area (Å²) >= 11 is 0. The van der Waals surface area contributed by atoms with Crippen molar-refractivity contribution in [1.82, 2.24) is 0 Å². The van der Waals surface area contributed by atoms with E-state index in [0.717, 1.165) is 57.8 Å². The Morgan fingerprint density at radius 1 is 0.697 bits per heavy atom. The highest BCUT2D eigenvalue weighted by Crippen LogP contribution is 2.15. The Morgan fingerprint density at radius 2 is 1.09 bits per heavy atom. The van der Waals surface area contributed by atoms with Crippen molar-refractivity contribution in [3.8, 4) is 0 Å². The van der Waals surface area contributed by atoms with E-state index >= 15 is 0 Å². The summed E-state index contributed by atoms with van der Waals surface area (Å²) in [5.41, 5.74) is 7.11. The molecule has 0 aliphatic rings. The lowest BCUT2D eigenvalue weighted by atomic mass is 10.0. The van der Waals surface area contributed by atoms with Crippen LogP contribution < -0.4 is 0 Å². The van der Waals surface area contributed by atoms with E-state index < -0.39 is 11.0 Å². The van der Waals surface area contributed by atoms with Crippen LogP contribution in [0.4, 0.5) is 0 Å². The molecule has 0 saturated heterocycles. The molecule has 0 bridgehead atoms. The molecule has 0 aromatic heterocycles. The molecule has 0 rings (SSSR count). The molecular formula is C29H49NO3. The van der Waals surface area contributed by atoms with Crippen LogP contribution in [0.2, 0.25) is 0 Å². The number of nitrogens with zero attached hydrogens (tertiary/aromatic N) is 1. The van der Waals surface area contributed by atoms with Crippen LogP contribution in [0.5, 0.6) is 0 Å². The van der Waals surface area contributed by atoms with Crippen molar-refractivity contribution in [3.63, 3.8) is 0 Å². The first-order valence-electron chi connectivity index (χ1n) is 12.7. The fraction of sp³-hybridized carbons (Fsp3) is 0.655. The molecule has 0 fully saturated rings. The van der Waals surface area contributed by atoms with E-state index in [0.29, 0.717) is 6.42 Å². The van der Waals surface area contributed by atoms with Gasteiger partial charge < -0.3 is 5.11 Å². The molecule has 0 aliphatic heterocycles. The van der Waals surface area contributed by atoms with Gasteiger partial charge in [-0.15, -0.1) is 0 Å². The van der Waals surface area contributed by atoms with Crippen LogP contribution in [0, 0.1) is 10.1 Å². The van der Waals surface area contributed by atoms with E-state index in [9.17, 15) is 15.2 Å². The lowest BCUT2D eigenvalue weighted by Crippen LogP contribution is -2.19. The maximum atomic E-state index is 10.4. The van der Waals surface area contributed by atoms with Gasteiger partial charge in [-0.1, -0.05) is 58.2 Å². The molecule has 0 heterocycles. The maximum absolute atomic E-state index is 10.4. The molecule has 188 valence electrons. The lowest BCUT2D eigenvalue weighted by molar-refractivity contribution is -0.490. The Morgan fingerprint density at radius 3 is 1.52 bits per heavy atom. The Bertz CT molecular complexity index is 706. The van der Waals surface area contributed by atoms with Crippen molar-refractivity contribution in [3.05, 3.63) is 68.4 Å². The zero-order chi connectivity index (χ0) is 25.1. The predicted molar refractivity (Wildman–Crippen MR) is 143 cm³/mol. The predicted octanol–water partition coefficient (Wildman–Crippen LogP) is 8.67. The molecular weight excluding hydrogens is 410 g/mol. The van der Waals surface area contributed by atoms with Crippen LogP contribution in [-0.4, -0.2) is 22.7 Å². The maximum Gasteiger partial charge on any atom is 0.229 e. The molecule has 0 radical (unpaired) electrons. The highest BCUT2D eigenvalue weighted by atomic mass is 16.6. The number of hydrogen-bond donors (Lipinski definition) is 1. The minimum atomic E-state index is -0.825. The SMILES string of the molecule is CC(C)=CCC/C(C)=C/CC/C(C)=C/CC/C=C(\C)CC/C=C(\C)CCCC(O)C[N+](=O)[O-]. The van der Waals surface area contributed by atoms with Crippen molar-refractivity contribution >= 4 is 0 Å². The summed E-state index contributed by atoms with van der Waals surface area (Å²) in [5.74, 6) is 0. The smallest absolute Gasteiger partial charge is 0.229 e. The first-order valence-corrected chi connectivity index (χ1v) is 12.7. The lowest BCUT2D eigenvalue weighted by Gasteiger charge is -2.06. The number of hydrogen-bond acceptors (Lipinski definition) is 3.